The molecule has 31 heavy (non-hydrogen) atoms. The van der Waals surface area contributed by atoms with Gasteiger partial charge in [-0.1, -0.05) is 0 Å². The van der Waals surface area contributed by atoms with Gasteiger partial charge >= 0.3 is 5.91 Å². The molecule has 7 heteroatoms. The predicted octanol–water partition coefficient (Wildman–Crippen LogP) is 2.71. The zero-order valence-corrected chi connectivity index (χ0v) is 19.2. The third-order valence-corrected chi connectivity index (χ3v) is 6.97. The summed E-state index contributed by atoms with van der Waals surface area (Å²) in [5.74, 6) is 0.739. The van der Waals surface area contributed by atoms with E-state index in [0.29, 0.717) is 37.1 Å². The van der Waals surface area contributed by atoms with Gasteiger partial charge in [-0.3, -0.25) is 15.0 Å². The van der Waals surface area contributed by atoms with Crippen LogP contribution in [0, 0.1) is 6.92 Å². The van der Waals surface area contributed by atoms with E-state index in [1.54, 1.807) is 36.7 Å². The number of benzene rings is 1. The van der Waals surface area contributed by atoms with Gasteiger partial charge in [-0.2, -0.15) is 0 Å². The van der Waals surface area contributed by atoms with E-state index in [2.05, 4.69) is 4.90 Å². The van der Waals surface area contributed by atoms with Crippen LogP contribution >= 0.6 is 11.3 Å². The molecule has 3 rings (SSSR count). The molecule has 168 valence electrons. The molecule has 0 bridgehead atoms. The van der Waals surface area contributed by atoms with Crippen molar-refractivity contribution in [1.29, 1.82) is 0 Å². The lowest BCUT2D eigenvalue weighted by Gasteiger charge is -2.25. The highest BCUT2D eigenvalue weighted by Gasteiger charge is 2.31. The summed E-state index contributed by atoms with van der Waals surface area (Å²) in [5, 5.41) is 14.7. The standard InChI is InChI=1S/C24H32N2O4S/c1-17-12-15-31-24(17)23(29)20(16-26-13-3-4-14-26)25-22(28)7-5-6-21(27)18-8-10-19(30-2)11-9-18/h8-12,15,20,23,29H,3-7,13-14,16H2,1-2H3,(H,25,28)/p+1/t20-,23+/m1/s1. The third kappa shape index (κ3) is 6.71. The molecule has 1 aromatic heterocycles. The Morgan fingerprint density at radius 2 is 1.87 bits per heavy atom. The first-order valence-corrected chi connectivity index (χ1v) is 11.8. The number of quaternary nitrogens is 1. The van der Waals surface area contributed by atoms with Gasteiger partial charge in [0.1, 0.15) is 17.9 Å². The fourth-order valence-electron chi connectivity index (χ4n) is 4.06. The molecule has 1 saturated heterocycles. The maximum atomic E-state index is 12.7. The van der Waals surface area contributed by atoms with Crippen LogP contribution in [0.1, 0.15) is 59.0 Å². The van der Waals surface area contributed by atoms with Crippen molar-refractivity contribution in [2.45, 2.75) is 51.2 Å². The van der Waals surface area contributed by atoms with E-state index in [-0.39, 0.29) is 17.7 Å². The van der Waals surface area contributed by atoms with Gasteiger partial charge in [0.2, 0.25) is 0 Å². The van der Waals surface area contributed by atoms with Gasteiger partial charge in [0.15, 0.2) is 5.78 Å². The first-order chi connectivity index (χ1) is 15.0. The fourth-order valence-corrected chi connectivity index (χ4v) is 5.04. The number of likely N-dealkylation sites (tertiary alicyclic amines) is 1. The lowest BCUT2D eigenvalue weighted by molar-refractivity contribution is -0.616. The molecule has 2 heterocycles. The van der Waals surface area contributed by atoms with Crippen molar-refractivity contribution in [2.75, 3.05) is 26.7 Å². The molecular formula is C24H33N2O4S+. The highest BCUT2D eigenvalue weighted by molar-refractivity contribution is 7.10. The van der Waals surface area contributed by atoms with E-state index in [4.69, 9.17) is 4.74 Å². The van der Waals surface area contributed by atoms with Gasteiger partial charge in [0.25, 0.3) is 0 Å². The number of ketones is 1. The van der Waals surface area contributed by atoms with Crippen LogP contribution in [-0.4, -0.2) is 54.5 Å². The molecule has 0 spiro atoms. The van der Waals surface area contributed by atoms with Gasteiger partial charge in [-0.25, -0.2) is 4.79 Å². The number of primary amides is 1. The maximum absolute atomic E-state index is 12.7. The Bertz CT molecular complexity index is 859. The Labute approximate surface area is 188 Å². The van der Waals surface area contributed by atoms with Crippen LogP contribution in [0.4, 0.5) is 0 Å². The molecular weight excluding hydrogens is 412 g/mol. The highest BCUT2D eigenvalue weighted by atomic mass is 32.1. The van der Waals surface area contributed by atoms with Crippen molar-refractivity contribution >= 4 is 23.0 Å². The number of nitrogens with zero attached hydrogens (tertiary/aromatic N) is 1. The molecule has 3 N–H and O–H groups in total. The average molecular weight is 446 g/mol. The van der Waals surface area contributed by atoms with Gasteiger partial charge in [-0.15, -0.1) is 11.3 Å². The largest absolute Gasteiger partial charge is 0.497 e. The smallest absolute Gasteiger partial charge is 0.310 e. The SMILES string of the molecule is COc1ccc(C(=O)CCCC(=O)[NH2+][C@H](CN2CCCC2)[C@H](O)c2sccc2C)cc1. The number of aliphatic hydroxyl groups is 1. The summed E-state index contributed by atoms with van der Waals surface area (Å²) >= 11 is 1.54. The van der Waals surface area contributed by atoms with Crippen molar-refractivity contribution in [3.8, 4) is 5.75 Å². The number of amides is 1. The van der Waals surface area contributed by atoms with Crippen LogP contribution in [0.5, 0.6) is 5.75 Å². The zero-order chi connectivity index (χ0) is 22.2. The molecule has 0 aliphatic carbocycles. The number of aliphatic hydroxyl groups excluding tert-OH is 1. The normalized spacial score (nSPS) is 16.2. The second-order valence-corrected chi connectivity index (χ2v) is 9.17. The predicted molar refractivity (Wildman–Crippen MR) is 122 cm³/mol. The molecule has 0 radical (unpaired) electrons. The van der Waals surface area contributed by atoms with Gasteiger partial charge in [-0.05, 0) is 80.6 Å². The van der Waals surface area contributed by atoms with Crippen molar-refractivity contribution in [3.63, 3.8) is 0 Å². The molecule has 1 aliphatic heterocycles. The van der Waals surface area contributed by atoms with Crippen molar-refractivity contribution in [3.05, 3.63) is 51.7 Å². The quantitative estimate of drug-likeness (QED) is 0.520. The number of carbonyl (C=O) groups excluding carboxylic acids is 2. The summed E-state index contributed by atoms with van der Waals surface area (Å²) in [6.07, 6.45) is 2.81. The molecule has 1 fully saturated rings. The first-order valence-electron chi connectivity index (χ1n) is 11.0. The highest BCUT2D eigenvalue weighted by Crippen LogP contribution is 2.26. The Balaban J connectivity index is 1.52. The van der Waals surface area contributed by atoms with Gasteiger partial charge < -0.3 is 9.84 Å². The van der Waals surface area contributed by atoms with E-state index in [0.717, 1.165) is 23.5 Å². The second kappa shape index (κ2) is 11.5. The third-order valence-electron chi connectivity index (χ3n) is 5.88. The van der Waals surface area contributed by atoms with E-state index in [9.17, 15) is 14.7 Å². The Morgan fingerprint density at radius 1 is 1.16 bits per heavy atom. The Hall–Kier alpha value is -2.06. The number of hydrogen-bond donors (Lipinski definition) is 2. The number of carbonyl (C=O) groups is 2. The van der Waals surface area contributed by atoms with E-state index >= 15 is 0 Å². The first kappa shape index (κ1) is 23.6. The summed E-state index contributed by atoms with van der Waals surface area (Å²) in [5.41, 5.74) is 1.70. The number of thiophene rings is 1. The number of nitrogens with two attached hydrogens (primary N) is 1. The lowest BCUT2D eigenvalue weighted by Crippen LogP contribution is -2.95. The minimum Gasteiger partial charge on any atom is -0.497 e. The van der Waals surface area contributed by atoms with Crippen LogP contribution in [-0.2, 0) is 4.79 Å². The Kier molecular flexibility index (Phi) is 8.78. The van der Waals surface area contributed by atoms with Crippen molar-refractivity contribution in [2.24, 2.45) is 0 Å². The molecule has 6 nitrogen and oxygen atoms in total. The molecule has 2 atom stereocenters. The van der Waals surface area contributed by atoms with E-state index < -0.39 is 6.10 Å². The average Bonchev–Trinajstić information content (AvgIpc) is 3.44. The van der Waals surface area contributed by atoms with E-state index in [1.165, 1.54) is 24.2 Å². The molecule has 1 aromatic carbocycles. The number of ether oxygens (including phenoxy) is 1. The van der Waals surface area contributed by atoms with Crippen LogP contribution in [0.15, 0.2) is 35.7 Å². The molecule has 0 saturated carbocycles. The second-order valence-electron chi connectivity index (χ2n) is 8.22. The van der Waals surface area contributed by atoms with Crippen molar-refractivity contribution in [1.82, 2.24) is 4.90 Å². The molecule has 2 aromatic rings. The van der Waals surface area contributed by atoms with Crippen molar-refractivity contribution < 1.29 is 24.7 Å². The number of rotatable bonds is 11. The number of hydrogen-bond acceptors (Lipinski definition) is 6. The maximum Gasteiger partial charge on any atom is 0.310 e. The van der Waals surface area contributed by atoms with Crippen LogP contribution in [0.2, 0.25) is 0 Å². The number of methoxy groups -OCH3 is 1. The lowest BCUT2D eigenvalue weighted by atomic mass is 10.0. The number of Topliss-reactive ketones (excluding diaryl/α,β-unsaturated/α-hetero) is 1. The van der Waals surface area contributed by atoms with E-state index in [1.807, 2.05) is 18.4 Å². The van der Waals surface area contributed by atoms with Crippen LogP contribution < -0.4 is 10.1 Å². The van der Waals surface area contributed by atoms with Crippen LogP contribution in [0.3, 0.4) is 0 Å². The van der Waals surface area contributed by atoms with Crippen LogP contribution in [0.25, 0.3) is 0 Å². The van der Waals surface area contributed by atoms with Gasteiger partial charge in [0.05, 0.1) is 20.1 Å². The molecule has 0 unspecified atom stereocenters. The monoisotopic (exact) mass is 445 g/mol. The minimum atomic E-state index is -0.675. The molecule has 1 amide bonds. The van der Waals surface area contributed by atoms with Gasteiger partial charge in [0, 0.05) is 16.9 Å². The fraction of sp³-hybridized carbons (Fsp3) is 0.500. The Morgan fingerprint density at radius 3 is 2.48 bits per heavy atom. The minimum absolute atomic E-state index is 0.0000120. The summed E-state index contributed by atoms with van der Waals surface area (Å²) < 4.78 is 5.12. The summed E-state index contributed by atoms with van der Waals surface area (Å²) in [6, 6.07) is 8.80. The summed E-state index contributed by atoms with van der Waals surface area (Å²) in [4.78, 5) is 28.3. The molecule has 1 aliphatic rings. The summed E-state index contributed by atoms with van der Waals surface area (Å²) in [6.45, 7) is 4.72. The topological polar surface area (TPSA) is 83.5 Å². The summed E-state index contributed by atoms with van der Waals surface area (Å²) in [7, 11) is 1.59. The number of aryl methyl sites for hydroxylation is 1. The zero-order valence-electron chi connectivity index (χ0n) is 18.4.